The third-order valence-corrected chi connectivity index (χ3v) is 6.18. The van der Waals surface area contributed by atoms with Crippen molar-refractivity contribution in [3.8, 4) is 0 Å². The lowest BCUT2D eigenvalue weighted by Gasteiger charge is -2.45. The molecule has 3 aliphatic heterocycles. The van der Waals surface area contributed by atoms with Gasteiger partial charge in [-0.25, -0.2) is 0 Å². The fraction of sp³-hybridized carbons (Fsp3) is 1.00. The van der Waals surface area contributed by atoms with Crippen molar-refractivity contribution in [1.29, 1.82) is 0 Å². The quantitative estimate of drug-likeness (QED) is 0.823. The SMILES string of the molecule is C1CNCC(CN2CCSC3(CCOCC3)C2)C1. The number of nitrogens with zero attached hydrogens (tertiary/aromatic N) is 1. The monoisotopic (exact) mass is 270 g/mol. The number of hydrogen-bond donors (Lipinski definition) is 1. The molecule has 0 aromatic rings. The fourth-order valence-electron chi connectivity index (χ4n) is 3.57. The van der Waals surface area contributed by atoms with Crippen LogP contribution in [0.1, 0.15) is 25.7 Å². The lowest BCUT2D eigenvalue weighted by Crippen LogP contribution is -2.51. The normalized spacial score (nSPS) is 33.7. The molecule has 0 saturated carbocycles. The van der Waals surface area contributed by atoms with Gasteiger partial charge in [0, 0.05) is 43.3 Å². The zero-order valence-corrected chi connectivity index (χ0v) is 12.1. The van der Waals surface area contributed by atoms with Gasteiger partial charge in [0.15, 0.2) is 0 Å². The van der Waals surface area contributed by atoms with Crippen LogP contribution in [0.5, 0.6) is 0 Å². The largest absolute Gasteiger partial charge is 0.381 e. The van der Waals surface area contributed by atoms with Gasteiger partial charge in [0.2, 0.25) is 0 Å². The van der Waals surface area contributed by atoms with Crippen molar-refractivity contribution in [1.82, 2.24) is 10.2 Å². The Balaban J connectivity index is 1.52. The third kappa shape index (κ3) is 3.21. The van der Waals surface area contributed by atoms with Gasteiger partial charge in [-0.1, -0.05) is 0 Å². The van der Waals surface area contributed by atoms with E-state index in [-0.39, 0.29) is 0 Å². The average Bonchev–Trinajstić information content (AvgIpc) is 2.41. The van der Waals surface area contributed by atoms with Crippen LogP contribution in [0.15, 0.2) is 0 Å². The molecule has 1 spiro atoms. The Morgan fingerprint density at radius 3 is 3.00 bits per heavy atom. The summed E-state index contributed by atoms with van der Waals surface area (Å²) in [6.07, 6.45) is 5.31. The molecule has 4 heteroatoms. The summed E-state index contributed by atoms with van der Waals surface area (Å²) in [6, 6.07) is 0. The Morgan fingerprint density at radius 2 is 2.22 bits per heavy atom. The summed E-state index contributed by atoms with van der Waals surface area (Å²) >= 11 is 2.21. The van der Waals surface area contributed by atoms with Crippen molar-refractivity contribution in [2.75, 3.05) is 51.7 Å². The van der Waals surface area contributed by atoms with E-state index < -0.39 is 0 Å². The van der Waals surface area contributed by atoms with E-state index in [0.29, 0.717) is 4.75 Å². The van der Waals surface area contributed by atoms with Crippen molar-refractivity contribution in [3.05, 3.63) is 0 Å². The summed E-state index contributed by atoms with van der Waals surface area (Å²) < 4.78 is 6.07. The minimum Gasteiger partial charge on any atom is -0.381 e. The van der Waals surface area contributed by atoms with Crippen molar-refractivity contribution in [2.45, 2.75) is 30.4 Å². The molecule has 1 N–H and O–H groups in total. The molecule has 18 heavy (non-hydrogen) atoms. The van der Waals surface area contributed by atoms with E-state index in [1.807, 2.05) is 0 Å². The van der Waals surface area contributed by atoms with Gasteiger partial charge in [-0.2, -0.15) is 11.8 Å². The number of ether oxygens (including phenoxy) is 1. The predicted molar refractivity (Wildman–Crippen MR) is 77.3 cm³/mol. The van der Waals surface area contributed by atoms with E-state index in [0.717, 1.165) is 19.1 Å². The minimum absolute atomic E-state index is 0.526. The molecule has 3 heterocycles. The van der Waals surface area contributed by atoms with Gasteiger partial charge < -0.3 is 15.0 Å². The zero-order valence-electron chi connectivity index (χ0n) is 11.3. The Kier molecular flexibility index (Phi) is 4.50. The molecule has 0 radical (unpaired) electrons. The molecule has 3 nitrogen and oxygen atoms in total. The summed E-state index contributed by atoms with van der Waals surface area (Å²) in [5, 5.41) is 3.54. The summed E-state index contributed by atoms with van der Waals surface area (Å²) in [4.78, 5) is 2.74. The maximum atomic E-state index is 5.54. The Labute approximate surface area is 115 Å². The highest BCUT2D eigenvalue weighted by Crippen LogP contribution is 2.39. The van der Waals surface area contributed by atoms with Crippen molar-refractivity contribution in [3.63, 3.8) is 0 Å². The number of rotatable bonds is 2. The Hall–Kier alpha value is 0.230. The number of hydrogen-bond acceptors (Lipinski definition) is 4. The molecular weight excluding hydrogens is 244 g/mol. The highest BCUT2D eigenvalue weighted by molar-refractivity contribution is 8.00. The molecule has 104 valence electrons. The van der Waals surface area contributed by atoms with Crippen LogP contribution >= 0.6 is 11.8 Å². The van der Waals surface area contributed by atoms with Gasteiger partial charge in [0.1, 0.15) is 0 Å². The molecule has 3 saturated heterocycles. The van der Waals surface area contributed by atoms with Crippen molar-refractivity contribution >= 4 is 11.8 Å². The van der Waals surface area contributed by atoms with Crippen LogP contribution in [-0.2, 0) is 4.74 Å². The predicted octanol–water partition coefficient (Wildman–Crippen LogP) is 1.58. The second-order valence-corrected chi connectivity index (χ2v) is 7.65. The summed E-state index contributed by atoms with van der Waals surface area (Å²) in [5.74, 6) is 2.21. The standard InChI is InChI=1S/C14H26N2OS/c1-2-13(10-15-5-1)11-16-6-9-18-14(12-16)3-7-17-8-4-14/h13,15H,1-12H2. The molecule has 3 rings (SSSR count). The minimum atomic E-state index is 0.526. The summed E-state index contributed by atoms with van der Waals surface area (Å²) in [6.45, 7) is 8.34. The van der Waals surface area contributed by atoms with Gasteiger partial charge in [-0.3, -0.25) is 0 Å². The third-order valence-electron chi connectivity index (χ3n) is 4.65. The first-order valence-corrected chi connectivity index (χ1v) is 8.50. The maximum absolute atomic E-state index is 5.54. The van der Waals surface area contributed by atoms with E-state index in [1.54, 1.807) is 0 Å². The highest BCUT2D eigenvalue weighted by atomic mass is 32.2. The van der Waals surface area contributed by atoms with Crippen LogP contribution in [0.4, 0.5) is 0 Å². The zero-order chi connectivity index (χ0) is 12.3. The molecule has 3 aliphatic rings. The Bertz CT molecular complexity index is 257. The fourth-order valence-corrected chi connectivity index (χ4v) is 5.08. The number of thioether (sulfide) groups is 1. The van der Waals surface area contributed by atoms with Crippen molar-refractivity contribution < 1.29 is 4.74 Å². The first-order valence-electron chi connectivity index (χ1n) is 7.51. The molecular formula is C14H26N2OS. The summed E-state index contributed by atoms with van der Waals surface area (Å²) in [7, 11) is 0. The van der Waals surface area contributed by atoms with Gasteiger partial charge in [0.25, 0.3) is 0 Å². The van der Waals surface area contributed by atoms with Crippen LogP contribution in [-0.4, -0.2) is 61.3 Å². The van der Waals surface area contributed by atoms with Crippen LogP contribution in [0.3, 0.4) is 0 Å². The average molecular weight is 270 g/mol. The lowest BCUT2D eigenvalue weighted by molar-refractivity contribution is 0.0605. The highest BCUT2D eigenvalue weighted by Gasteiger charge is 2.38. The van der Waals surface area contributed by atoms with Crippen LogP contribution in [0.25, 0.3) is 0 Å². The number of nitrogens with one attached hydrogen (secondary N) is 1. The number of piperidine rings is 1. The second-order valence-electron chi connectivity index (χ2n) is 6.09. The molecule has 3 fully saturated rings. The van der Waals surface area contributed by atoms with E-state index in [9.17, 15) is 0 Å². The smallest absolute Gasteiger partial charge is 0.0479 e. The molecule has 1 atom stereocenters. The van der Waals surface area contributed by atoms with E-state index in [4.69, 9.17) is 4.74 Å². The van der Waals surface area contributed by atoms with Crippen LogP contribution in [0.2, 0.25) is 0 Å². The first-order chi connectivity index (χ1) is 8.86. The van der Waals surface area contributed by atoms with Crippen LogP contribution < -0.4 is 5.32 Å². The maximum Gasteiger partial charge on any atom is 0.0479 e. The van der Waals surface area contributed by atoms with Gasteiger partial charge in [-0.15, -0.1) is 0 Å². The van der Waals surface area contributed by atoms with Gasteiger partial charge in [-0.05, 0) is 44.7 Å². The van der Waals surface area contributed by atoms with Crippen LogP contribution in [0, 0.1) is 5.92 Å². The molecule has 0 amide bonds. The molecule has 0 aliphatic carbocycles. The summed E-state index contributed by atoms with van der Waals surface area (Å²) in [5.41, 5.74) is 0. The molecule has 0 aromatic heterocycles. The molecule has 0 bridgehead atoms. The lowest BCUT2D eigenvalue weighted by atomic mass is 9.95. The van der Waals surface area contributed by atoms with E-state index in [1.165, 1.54) is 64.2 Å². The van der Waals surface area contributed by atoms with Gasteiger partial charge in [0.05, 0.1) is 0 Å². The first kappa shape index (κ1) is 13.2. The Morgan fingerprint density at radius 1 is 1.33 bits per heavy atom. The van der Waals surface area contributed by atoms with E-state index in [2.05, 4.69) is 22.0 Å². The molecule has 1 unspecified atom stereocenters. The molecule has 0 aromatic carbocycles. The topological polar surface area (TPSA) is 24.5 Å². The van der Waals surface area contributed by atoms with Gasteiger partial charge >= 0.3 is 0 Å². The second kappa shape index (κ2) is 6.12. The van der Waals surface area contributed by atoms with E-state index >= 15 is 0 Å². The van der Waals surface area contributed by atoms with Crippen molar-refractivity contribution in [2.24, 2.45) is 5.92 Å².